The fraction of sp³-hybridized carbons (Fsp3) is 0.538. The number of hydrogen-bond donors (Lipinski definition) is 2. The molecule has 0 spiro atoms. The lowest BCUT2D eigenvalue weighted by Gasteiger charge is -2.13. The van der Waals surface area contributed by atoms with E-state index in [0.29, 0.717) is 11.6 Å². The summed E-state index contributed by atoms with van der Waals surface area (Å²) in [5.74, 6) is 2.22. The molecule has 100 valence electrons. The van der Waals surface area contributed by atoms with Gasteiger partial charge >= 0.3 is 0 Å². The number of aromatic amines is 1. The van der Waals surface area contributed by atoms with Crippen molar-refractivity contribution in [3.8, 4) is 11.6 Å². The van der Waals surface area contributed by atoms with Gasteiger partial charge in [-0.15, -0.1) is 0 Å². The molecular formula is C13H18N6. The number of fused-ring (bicyclic) bond motifs is 1. The minimum atomic E-state index is 0.631. The Hall–Kier alpha value is -1.98. The van der Waals surface area contributed by atoms with Crippen LogP contribution in [0.1, 0.15) is 37.4 Å². The van der Waals surface area contributed by atoms with Crippen molar-refractivity contribution in [2.75, 3.05) is 11.9 Å². The summed E-state index contributed by atoms with van der Waals surface area (Å²) in [4.78, 5) is 13.4. The van der Waals surface area contributed by atoms with E-state index in [9.17, 15) is 0 Å². The van der Waals surface area contributed by atoms with E-state index in [1.165, 1.54) is 31.2 Å². The highest BCUT2D eigenvalue weighted by atomic mass is 15.2. The third kappa shape index (κ3) is 2.43. The van der Waals surface area contributed by atoms with Gasteiger partial charge in [0.15, 0.2) is 11.6 Å². The van der Waals surface area contributed by atoms with Gasteiger partial charge < -0.3 is 5.32 Å². The Morgan fingerprint density at radius 1 is 1.21 bits per heavy atom. The van der Waals surface area contributed by atoms with Crippen LogP contribution in [0.3, 0.4) is 0 Å². The lowest BCUT2D eigenvalue weighted by atomic mass is 10.1. The molecule has 19 heavy (non-hydrogen) atoms. The molecule has 2 aromatic rings. The first-order valence-electron chi connectivity index (χ1n) is 6.88. The summed E-state index contributed by atoms with van der Waals surface area (Å²) in [6.45, 7) is 2.94. The molecule has 0 saturated carbocycles. The van der Waals surface area contributed by atoms with Crippen LogP contribution in [0.2, 0.25) is 0 Å². The summed E-state index contributed by atoms with van der Waals surface area (Å²) in [6.07, 6.45) is 7.25. The number of rotatable bonds is 3. The van der Waals surface area contributed by atoms with Crippen LogP contribution < -0.4 is 5.32 Å². The summed E-state index contributed by atoms with van der Waals surface area (Å²) in [7, 11) is 0. The second kappa shape index (κ2) is 5.34. The van der Waals surface area contributed by atoms with Crippen molar-refractivity contribution < 1.29 is 0 Å². The number of hydrogen-bond acceptors (Lipinski definition) is 5. The molecule has 0 aromatic carbocycles. The van der Waals surface area contributed by atoms with Crippen LogP contribution in [0.25, 0.3) is 11.6 Å². The molecule has 2 heterocycles. The van der Waals surface area contributed by atoms with E-state index >= 15 is 0 Å². The Bertz CT molecular complexity index is 549. The first-order chi connectivity index (χ1) is 9.38. The fourth-order valence-corrected chi connectivity index (χ4v) is 2.50. The Morgan fingerprint density at radius 2 is 2.11 bits per heavy atom. The van der Waals surface area contributed by atoms with Crippen molar-refractivity contribution in [1.82, 2.24) is 25.1 Å². The maximum Gasteiger partial charge on any atom is 0.199 e. The van der Waals surface area contributed by atoms with Crippen molar-refractivity contribution in [3.63, 3.8) is 0 Å². The average Bonchev–Trinajstić information content (AvgIpc) is 2.85. The predicted molar refractivity (Wildman–Crippen MR) is 72.8 cm³/mol. The van der Waals surface area contributed by atoms with Gasteiger partial charge in [-0.25, -0.2) is 15.0 Å². The second-order valence-corrected chi connectivity index (χ2v) is 4.75. The molecule has 1 aliphatic rings. The zero-order chi connectivity index (χ0) is 13.1. The van der Waals surface area contributed by atoms with E-state index in [0.717, 1.165) is 30.9 Å². The van der Waals surface area contributed by atoms with Gasteiger partial charge in [0.2, 0.25) is 0 Å². The standard InChI is InChI=1S/C13H18N6/c1-2-14-11-9-6-4-3-5-7-10(9)17-13(18-11)12-15-8-16-19-12/h8H,2-7H2,1H3,(H,14,17,18)(H,15,16,19). The number of anilines is 1. The molecule has 2 aromatic heterocycles. The van der Waals surface area contributed by atoms with Gasteiger partial charge in [-0.3, -0.25) is 5.10 Å². The van der Waals surface area contributed by atoms with Gasteiger partial charge in [-0.1, -0.05) is 6.42 Å². The summed E-state index contributed by atoms with van der Waals surface area (Å²) < 4.78 is 0. The van der Waals surface area contributed by atoms with Crippen molar-refractivity contribution >= 4 is 5.82 Å². The second-order valence-electron chi connectivity index (χ2n) is 4.75. The smallest absolute Gasteiger partial charge is 0.199 e. The lowest BCUT2D eigenvalue weighted by molar-refractivity contribution is 0.709. The minimum Gasteiger partial charge on any atom is -0.370 e. The van der Waals surface area contributed by atoms with Crippen LogP contribution >= 0.6 is 0 Å². The SMILES string of the molecule is CCNc1nc(-c2ncn[nH]2)nc2c1CCCCC2. The Labute approximate surface area is 112 Å². The van der Waals surface area contributed by atoms with Gasteiger partial charge in [0.05, 0.1) is 0 Å². The zero-order valence-electron chi connectivity index (χ0n) is 11.1. The number of nitrogens with one attached hydrogen (secondary N) is 2. The summed E-state index contributed by atoms with van der Waals surface area (Å²) in [6, 6.07) is 0. The van der Waals surface area contributed by atoms with Gasteiger partial charge in [-0.05, 0) is 32.6 Å². The summed E-state index contributed by atoms with van der Waals surface area (Å²) >= 11 is 0. The van der Waals surface area contributed by atoms with Crippen LogP contribution in [0.15, 0.2) is 6.33 Å². The molecule has 6 nitrogen and oxygen atoms in total. The van der Waals surface area contributed by atoms with Crippen LogP contribution in [0.4, 0.5) is 5.82 Å². The first kappa shape index (κ1) is 12.1. The number of aromatic nitrogens is 5. The molecule has 2 N–H and O–H groups in total. The van der Waals surface area contributed by atoms with Crippen LogP contribution in [-0.2, 0) is 12.8 Å². The lowest BCUT2D eigenvalue weighted by Crippen LogP contribution is -2.09. The van der Waals surface area contributed by atoms with Gasteiger partial charge in [-0.2, -0.15) is 5.10 Å². The minimum absolute atomic E-state index is 0.631. The monoisotopic (exact) mass is 258 g/mol. The number of aryl methyl sites for hydroxylation is 1. The van der Waals surface area contributed by atoms with Crippen molar-refractivity contribution in [2.45, 2.75) is 39.0 Å². The summed E-state index contributed by atoms with van der Waals surface area (Å²) in [5.41, 5.74) is 2.44. The number of H-pyrrole nitrogens is 1. The maximum atomic E-state index is 4.67. The molecule has 3 rings (SSSR count). The topological polar surface area (TPSA) is 79.4 Å². The molecule has 0 atom stereocenters. The van der Waals surface area contributed by atoms with Gasteiger partial charge in [0.1, 0.15) is 12.1 Å². The first-order valence-corrected chi connectivity index (χ1v) is 6.88. The normalized spacial score (nSPS) is 14.8. The molecule has 0 fully saturated rings. The molecule has 1 aliphatic carbocycles. The van der Waals surface area contributed by atoms with Gasteiger partial charge in [0.25, 0.3) is 0 Å². The zero-order valence-corrected chi connectivity index (χ0v) is 11.1. The Morgan fingerprint density at radius 3 is 2.89 bits per heavy atom. The van der Waals surface area contributed by atoms with Gasteiger partial charge in [0, 0.05) is 17.8 Å². The van der Waals surface area contributed by atoms with E-state index in [1.807, 2.05) is 0 Å². The van der Waals surface area contributed by atoms with Crippen molar-refractivity contribution in [1.29, 1.82) is 0 Å². The van der Waals surface area contributed by atoms with Crippen LogP contribution in [-0.4, -0.2) is 31.7 Å². The molecular weight excluding hydrogens is 240 g/mol. The largest absolute Gasteiger partial charge is 0.370 e. The molecule has 6 heteroatoms. The highest BCUT2D eigenvalue weighted by Gasteiger charge is 2.18. The molecule has 0 saturated heterocycles. The third-order valence-corrected chi connectivity index (χ3v) is 3.40. The van der Waals surface area contributed by atoms with E-state index in [-0.39, 0.29) is 0 Å². The van der Waals surface area contributed by atoms with Crippen molar-refractivity contribution in [3.05, 3.63) is 17.6 Å². The molecule has 0 bridgehead atoms. The van der Waals surface area contributed by atoms with E-state index in [4.69, 9.17) is 0 Å². The summed E-state index contributed by atoms with van der Waals surface area (Å²) in [5, 5.41) is 10.1. The maximum absolute atomic E-state index is 4.67. The van der Waals surface area contributed by atoms with Crippen LogP contribution in [0, 0.1) is 0 Å². The van der Waals surface area contributed by atoms with Crippen molar-refractivity contribution in [2.24, 2.45) is 0 Å². The molecule has 0 amide bonds. The average molecular weight is 258 g/mol. The predicted octanol–water partition coefficient (Wildman–Crippen LogP) is 1.96. The molecule has 0 unspecified atom stereocenters. The fourth-order valence-electron chi connectivity index (χ4n) is 2.50. The molecule has 0 radical (unpaired) electrons. The Balaban J connectivity index is 2.08. The third-order valence-electron chi connectivity index (χ3n) is 3.40. The van der Waals surface area contributed by atoms with E-state index in [2.05, 4.69) is 37.4 Å². The number of nitrogens with zero attached hydrogens (tertiary/aromatic N) is 4. The highest BCUT2D eigenvalue weighted by Crippen LogP contribution is 2.26. The highest BCUT2D eigenvalue weighted by molar-refractivity contribution is 5.54. The van der Waals surface area contributed by atoms with E-state index < -0.39 is 0 Å². The molecule has 0 aliphatic heterocycles. The van der Waals surface area contributed by atoms with E-state index in [1.54, 1.807) is 0 Å². The van der Waals surface area contributed by atoms with Crippen LogP contribution in [0.5, 0.6) is 0 Å². The Kier molecular flexibility index (Phi) is 3.39. The quantitative estimate of drug-likeness (QED) is 0.823.